The van der Waals surface area contributed by atoms with Gasteiger partial charge in [-0.25, -0.2) is 0 Å². The van der Waals surface area contributed by atoms with E-state index in [0.29, 0.717) is 0 Å². The Balaban J connectivity index is 2.85. The van der Waals surface area contributed by atoms with Crippen molar-refractivity contribution in [2.24, 2.45) is 0 Å². The van der Waals surface area contributed by atoms with Crippen molar-refractivity contribution in [3.63, 3.8) is 0 Å². The van der Waals surface area contributed by atoms with Crippen molar-refractivity contribution in [1.29, 1.82) is 0 Å². The molecule has 1 aromatic heterocycles. The lowest BCUT2D eigenvalue weighted by Crippen LogP contribution is -2.44. The third kappa shape index (κ3) is 2.12. The zero-order chi connectivity index (χ0) is 10.6. The maximum atomic E-state index is 10.9. The Hall–Kier alpha value is -1.33. The Morgan fingerprint density at radius 1 is 1.50 bits per heavy atom. The van der Waals surface area contributed by atoms with Crippen LogP contribution in [0.25, 0.3) is 0 Å². The molecule has 5 heteroatoms. The van der Waals surface area contributed by atoms with E-state index in [4.69, 9.17) is 5.11 Å². The first-order valence-electron chi connectivity index (χ1n) is 4.40. The second-order valence-electron chi connectivity index (χ2n) is 3.02. The molecule has 5 nitrogen and oxygen atoms in total. The van der Waals surface area contributed by atoms with Crippen molar-refractivity contribution in [3.05, 3.63) is 24.0 Å². The van der Waals surface area contributed by atoms with Gasteiger partial charge in [0, 0.05) is 12.4 Å². The second-order valence-corrected chi connectivity index (χ2v) is 3.02. The van der Waals surface area contributed by atoms with Crippen LogP contribution >= 0.6 is 0 Å². The summed E-state index contributed by atoms with van der Waals surface area (Å²) in [6, 6.07) is 0.994. The van der Waals surface area contributed by atoms with Crippen LogP contribution in [0.1, 0.15) is 11.6 Å². The molecule has 0 radical (unpaired) electrons. The Labute approximate surface area is 82.5 Å². The number of rotatable bonds is 5. The predicted octanol–water partition coefficient (Wildman–Crippen LogP) is -0.0522. The molecule has 78 valence electrons. The number of aromatic amines is 1. The fourth-order valence-electron chi connectivity index (χ4n) is 1.49. The van der Waals surface area contributed by atoms with E-state index in [1.165, 1.54) is 0 Å². The molecule has 4 N–H and O–H groups in total. The Kier molecular flexibility index (Phi) is 3.67. The number of aliphatic carboxylic acids is 1. The number of carboxylic acids is 1. The van der Waals surface area contributed by atoms with Crippen molar-refractivity contribution in [3.8, 4) is 0 Å². The van der Waals surface area contributed by atoms with E-state index in [1.807, 2.05) is 6.07 Å². The number of hydrogen-bond donors (Lipinski definition) is 4. The first kappa shape index (κ1) is 10.7. The van der Waals surface area contributed by atoms with Gasteiger partial charge in [-0.05, 0) is 25.7 Å². The molecule has 0 aliphatic carbocycles. The van der Waals surface area contributed by atoms with Crippen LogP contribution in [-0.2, 0) is 4.79 Å². The molecule has 0 spiro atoms. The van der Waals surface area contributed by atoms with Crippen LogP contribution < -0.4 is 10.6 Å². The molecule has 0 bridgehead atoms. The van der Waals surface area contributed by atoms with Gasteiger partial charge in [0.05, 0.1) is 6.04 Å². The van der Waals surface area contributed by atoms with Gasteiger partial charge in [-0.15, -0.1) is 0 Å². The van der Waals surface area contributed by atoms with Crippen LogP contribution in [-0.4, -0.2) is 36.2 Å². The van der Waals surface area contributed by atoms with Crippen LogP contribution in [0.2, 0.25) is 0 Å². The summed E-state index contributed by atoms with van der Waals surface area (Å²) < 4.78 is 0. The van der Waals surface area contributed by atoms with Gasteiger partial charge in [-0.3, -0.25) is 4.79 Å². The lowest BCUT2D eigenvalue weighted by molar-refractivity contribution is -0.140. The van der Waals surface area contributed by atoms with Crippen LogP contribution in [0.3, 0.4) is 0 Å². The van der Waals surface area contributed by atoms with Gasteiger partial charge in [-0.1, -0.05) is 0 Å². The summed E-state index contributed by atoms with van der Waals surface area (Å²) in [5.41, 5.74) is 0.925. The van der Waals surface area contributed by atoms with Gasteiger partial charge in [0.25, 0.3) is 0 Å². The number of nitrogens with one attached hydrogen (secondary N) is 3. The van der Waals surface area contributed by atoms with E-state index in [2.05, 4.69) is 15.6 Å². The summed E-state index contributed by atoms with van der Waals surface area (Å²) in [5, 5.41) is 14.7. The highest BCUT2D eigenvalue weighted by Gasteiger charge is 2.26. The van der Waals surface area contributed by atoms with Crippen LogP contribution in [0.4, 0.5) is 0 Å². The molecule has 0 fully saturated rings. The van der Waals surface area contributed by atoms with Crippen LogP contribution in [0.15, 0.2) is 18.5 Å². The minimum atomic E-state index is -0.868. The van der Waals surface area contributed by atoms with Gasteiger partial charge in [0.15, 0.2) is 0 Å². The highest BCUT2D eigenvalue weighted by molar-refractivity contribution is 5.74. The highest BCUT2D eigenvalue weighted by atomic mass is 16.4. The van der Waals surface area contributed by atoms with Crippen molar-refractivity contribution in [2.45, 2.75) is 12.1 Å². The molecular weight excluding hydrogens is 182 g/mol. The molecule has 0 saturated carbocycles. The van der Waals surface area contributed by atoms with E-state index in [9.17, 15) is 4.79 Å². The fraction of sp³-hybridized carbons (Fsp3) is 0.444. The van der Waals surface area contributed by atoms with E-state index < -0.39 is 12.0 Å². The van der Waals surface area contributed by atoms with Crippen LogP contribution in [0, 0.1) is 0 Å². The second kappa shape index (κ2) is 4.78. The SMILES string of the molecule is CNC(C(=O)O)C(NC)c1cc[nH]c1. The number of aromatic nitrogens is 1. The predicted molar refractivity (Wildman–Crippen MR) is 53.1 cm³/mol. The number of hydrogen-bond acceptors (Lipinski definition) is 3. The summed E-state index contributed by atoms with van der Waals surface area (Å²) in [7, 11) is 3.38. The van der Waals surface area contributed by atoms with Crippen molar-refractivity contribution in [1.82, 2.24) is 15.6 Å². The molecule has 2 atom stereocenters. The number of likely N-dealkylation sites (N-methyl/N-ethyl adjacent to an activating group) is 2. The molecular formula is C9H15N3O2. The molecule has 0 amide bonds. The lowest BCUT2D eigenvalue weighted by atomic mass is 10.0. The number of H-pyrrole nitrogens is 1. The van der Waals surface area contributed by atoms with Gasteiger partial charge in [-0.2, -0.15) is 0 Å². The van der Waals surface area contributed by atoms with Gasteiger partial charge in [0.1, 0.15) is 6.04 Å². The Bertz CT molecular complexity index is 284. The lowest BCUT2D eigenvalue weighted by Gasteiger charge is -2.22. The van der Waals surface area contributed by atoms with Gasteiger partial charge < -0.3 is 20.7 Å². The fourth-order valence-corrected chi connectivity index (χ4v) is 1.49. The van der Waals surface area contributed by atoms with Crippen molar-refractivity contribution >= 4 is 5.97 Å². The number of carboxylic acid groups (broad SMARTS) is 1. The smallest absolute Gasteiger partial charge is 0.322 e. The molecule has 1 heterocycles. The maximum absolute atomic E-state index is 10.9. The van der Waals surface area contributed by atoms with E-state index in [0.717, 1.165) is 5.56 Å². The average molecular weight is 197 g/mol. The molecule has 0 aromatic carbocycles. The molecule has 2 unspecified atom stereocenters. The monoisotopic (exact) mass is 197 g/mol. The van der Waals surface area contributed by atoms with E-state index in [1.54, 1.807) is 26.5 Å². The van der Waals surface area contributed by atoms with Gasteiger partial charge in [0.2, 0.25) is 0 Å². The van der Waals surface area contributed by atoms with Gasteiger partial charge >= 0.3 is 5.97 Å². The quantitative estimate of drug-likeness (QED) is 0.533. The average Bonchev–Trinajstić information content (AvgIpc) is 2.65. The van der Waals surface area contributed by atoms with E-state index >= 15 is 0 Å². The maximum Gasteiger partial charge on any atom is 0.322 e. The zero-order valence-corrected chi connectivity index (χ0v) is 8.24. The van der Waals surface area contributed by atoms with Crippen molar-refractivity contribution < 1.29 is 9.90 Å². The minimum Gasteiger partial charge on any atom is -0.480 e. The minimum absolute atomic E-state index is 0.233. The highest BCUT2D eigenvalue weighted by Crippen LogP contribution is 2.15. The largest absolute Gasteiger partial charge is 0.480 e. The molecule has 0 aliphatic heterocycles. The van der Waals surface area contributed by atoms with Crippen LogP contribution in [0.5, 0.6) is 0 Å². The first-order valence-corrected chi connectivity index (χ1v) is 4.40. The zero-order valence-electron chi connectivity index (χ0n) is 8.24. The molecule has 0 saturated heterocycles. The first-order chi connectivity index (χ1) is 6.70. The Morgan fingerprint density at radius 2 is 2.21 bits per heavy atom. The molecule has 1 rings (SSSR count). The summed E-state index contributed by atoms with van der Waals surface area (Å²) in [4.78, 5) is 13.8. The van der Waals surface area contributed by atoms with Crippen molar-refractivity contribution in [2.75, 3.05) is 14.1 Å². The third-order valence-corrected chi connectivity index (χ3v) is 2.20. The van der Waals surface area contributed by atoms with E-state index in [-0.39, 0.29) is 6.04 Å². The molecule has 14 heavy (non-hydrogen) atoms. The standard InChI is InChI=1S/C9H15N3O2/c1-10-7(6-3-4-12-5-6)8(11-2)9(13)14/h3-5,7-8,10-12H,1-2H3,(H,13,14). The normalized spacial score (nSPS) is 15.0. The summed E-state index contributed by atoms with van der Waals surface area (Å²) in [6.45, 7) is 0. The topological polar surface area (TPSA) is 77.2 Å². The Morgan fingerprint density at radius 3 is 2.57 bits per heavy atom. The summed E-state index contributed by atoms with van der Waals surface area (Å²) >= 11 is 0. The molecule has 1 aromatic rings. The molecule has 0 aliphatic rings. The number of carbonyl (C=O) groups is 1. The third-order valence-electron chi connectivity index (χ3n) is 2.20. The summed E-state index contributed by atoms with van der Waals surface area (Å²) in [5.74, 6) is -0.868. The summed E-state index contributed by atoms with van der Waals surface area (Å²) in [6.07, 6.45) is 3.56.